The minimum absolute atomic E-state index is 0.642. The van der Waals surface area contributed by atoms with Crippen molar-refractivity contribution in [3.63, 3.8) is 0 Å². The Morgan fingerprint density at radius 3 is 2.79 bits per heavy atom. The van der Waals surface area contributed by atoms with E-state index < -0.39 is 0 Å². The first-order valence-corrected chi connectivity index (χ1v) is 9.48. The van der Waals surface area contributed by atoms with Crippen LogP contribution in [0.5, 0.6) is 0 Å². The summed E-state index contributed by atoms with van der Waals surface area (Å²) in [5.74, 6) is 0.902. The van der Waals surface area contributed by atoms with Gasteiger partial charge in [0.05, 0.1) is 29.1 Å². The molecule has 0 N–H and O–H groups in total. The molecule has 4 rings (SSSR count). The molecule has 0 fully saturated rings. The average molecular weight is 373 g/mol. The van der Waals surface area contributed by atoms with Crippen LogP contribution in [-0.4, -0.2) is 4.57 Å². The molecule has 6 heteroatoms. The van der Waals surface area contributed by atoms with Gasteiger partial charge >= 0.3 is 0 Å². The second-order valence-electron chi connectivity index (χ2n) is 5.14. The van der Waals surface area contributed by atoms with E-state index >= 15 is 0 Å². The number of furan rings is 1. The molecule has 0 atom stereocenters. The van der Waals surface area contributed by atoms with Gasteiger partial charge in [-0.3, -0.25) is 0 Å². The molecule has 0 amide bonds. The normalized spacial score (nSPS) is 12.0. The maximum absolute atomic E-state index is 6.08. The van der Waals surface area contributed by atoms with Gasteiger partial charge in [0, 0.05) is 10.4 Å². The molecule has 24 heavy (non-hydrogen) atoms. The molecule has 0 saturated heterocycles. The lowest BCUT2D eigenvalue weighted by molar-refractivity contribution is 0.492. The summed E-state index contributed by atoms with van der Waals surface area (Å²) in [7, 11) is 0. The third-order valence-corrected chi connectivity index (χ3v) is 5.49. The fraction of sp³-hybridized carbons (Fsp3) is 0.0556. The molecular formula is C18H13ClN2OS2. The number of nitrogens with zero attached hydrogens (tertiary/aromatic N) is 2. The molecule has 0 saturated carbocycles. The van der Waals surface area contributed by atoms with Crippen LogP contribution in [0.25, 0.3) is 10.6 Å². The Morgan fingerprint density at radius 1 is 1.08 bits per heavy atom. The van der Waals surface area contributed by atoms with Crippen molar-refractivity contribution in [2.45, 2.75) is 6.54 Å². The van der Waals surface area contributed by atoms with Crippen LogP contribution in [0.2, 0.25) is 5.02 Å². The van der Waals surface area contributed by atoms with Gasteiger partial charge in [-0.05, 0) is 41.8 Å². The van der Waals surface area contributed by atoms with Gasteiger partial charge in [0.2, 0.25) is 0 Å². The fourth-order valence-electron chi connectivity index (χ4n) is 2.41. The van der Waals surface area contributed by atoms with Crippen molar-refractivity contribution < 1.29 is 4.42 Å². The second kappa shape index (κ2) is 6.81. The molecule has 0 aliphatic carbocycles. The summed E-state index contributed by atoms with van der Waals surface area (Å²) >= 11 is 9.41. The molecule has 0 bridgehead atoms. The summed E-state index contributed by atoms with van der Waals surface area (Å²) in [5.41, 5.74) is 1.99. The number of aromatic nitrogens is 1. The van der Waals surface area contributed by atoms with Crippen molar-refractivity contribution in [1.82, 2.24) is 4.57 Å². The Labute approximate surface area is 152 Å². The van der Waals surface area contributed by atoms with Gasteiger partial charge in [0.1, 0.15) is 5.76 Å². The maximum Gasteiger partial charge on any atom is 0.190 e. The Morgan fingerprint density at radius 2 is 2.04 bits per heavy atom. The Bertz CT molecular complexity index is 998. The van der Waals surface area contributed by atoms with E-state index in [1.807, 2.05) is 36.4 Å². The highest BCUT2D eigenvalue weighted by Crippen LogP contribution is 2.26. The van der Waals surface area contributed by atoms with Crippen LogP contribution in [0, 0.1) is 0 Å². The molecule has 120 valence electrons. The van der Waals surface area contributed by atoms with E-state index in [4.69, 9.17) is 21.0 Å². The van der Waals surface area contributed by atoms with Gasteiger partial charge in [-0.2, -0.15) is 0 Å². The van der Waals surface area contributed by atoms with Crippen LogP contribution in [0.1, 0.15) is 5.76 Å². The van der Waals surface area contributed by atoms with E-state index in [1.54, 1.807) is 28.9 Å². The Balaban J connectivity index is 1.84. The summed E-state index contributed by atoms with van der Waals surface area (Å²) in [6.45, 7) is 0.642. The summed E-state index contributed by atoms with van der Waals surface area (Å²) in [5, 5.41) is 4.90. The minimum atomic E-state index is 0.642. The second-order valence-corrected chi connectivity index (χ2v) is 7.36. The first-order valence-electron chi connectivity index (χ1n) is 7.34. The molecule has 3 aromatic heterocycles. The van der Waals surface area contributed by atoms with Crippen LogP contribution in [0.3, 0.4) is 0 Å². The summed E-state index contributed by atoms with van der Waals surface area (Å²) in [4.78, 5) is 6.90. The first-order chi connectivity index (χ1) is 11.8. The molecule has 0 spiro atoms. The monoisotopic (exact) mass is 372 g/mol. The van der Waals surface area contributed by atoms with Crippen molar-refractivity contribution in [3.8, 4) is 10.6 Å². The van der Waals surface area contributed by atoms with Crippen LogP contribution in [0.15, 0.2) is 75.0 Å². The smallest absolute Gasteiger partial charge is 0.190 e. The zero-order valence-corrected chi connectivity index (χ0v) is 14.9. The highest BCUT2D eigenvalue weighted by molar-refractivity contribution is 7.14. The molecule has 1 aromatic carbocycles. The minimum Gasteiger partial charge on any atom is -0.467 e. The van der Waals surface area contributed by atoms with Crippen molar-refractivity contribution in [1.29, 1.82) is 0 Å². The van der Waals surface area contributed by atoms with Crippen LogP contribution in [-0.2, 0) is 6.54 Å². The van der Waals surface area contributed by atoms with Crippen LogP contribution < -0.4 is 4.80 Å². The molecule has 4 aromatic rings. The van der Waals surface area contributed by atoms with E-state index in [0.717, 1.165) is 21.9 Å². The quantitative estimate of drug-likeness (QED) is 0.445. The zero-order valence-electron chi connectivity index (χ0n) is 12.6. The SMILES string of the molecule is Clc1cccc(N=c2scc(-c3cccs3)n2Cc2ccco2)c1. The highest BCUT2D eigenvalue weighted by Gasteiger charge is 2.11. The summed E-state index contributed by atoms with van der Waals surface area (Å²) < 4.78 is 7.70. The number of thiazole rings is 1. The van der Waals surface area contributed by atoms with E-state index in [9.17, 15) is 0 Å². The molecule has 0 aliphatic rings. The Hall–Kier alpha value is -2.08. The Kier molecular flexibility index (Phi) is 4.38. The van der Waals surface area contributed by atoms with Gasteiger partial charge in [-0.25, -0.2) is 4.99 Å². The number of rotatable bonds is 4. The van der Waals surface area contributed by atoms with Crippen molar-refractivity contribution in [2.24, 2.45) is 4.99 Å². The van der Waals surface area contributed by atoms with Gasteiger partial charge in [-0.15, -0.1) is 22.7 Å². The predicted molar refractivity (Wildman–Crippen MR) is 100 cm³/mol. The fourth-order valence-corrected chi connectivity index (χ4v) is 4.34. The summed E-state index contributed by atoms with van der Waals surface area (Å²) in [6, 6.07) is 15.6. The molecule has 0 aliphatic heterocycles. The average Bonchev–Trinajstić information content (AvgIpc) is 3.31. The maximum atomic E-state index is 6.08. The summed E-state index contributed by atoms with van der Waals surface area (Å²) in [6.07, 6.45) is 1.70. The number of hydrogen-bond acceptors (Lipinski definition) is 4. The molecule has 3 heterocycles. The van der Waals surface area contributed by atoms with Crippen molar-refractivity contribution >= 4 is 40.0 Å². The molecule has 3 nitrogen and oxygen atoms in total. The van der Waals surface area contributed by atoms with Gasteiger partial charge in [0.25, 0.3) is 0 Å². The third kappa shape index (κ3) is 3.24. The van der Waals surface area contributed by atoms with E-state index in [-0.39, 0.29) is 0 Å². The molecule has 0 radical (unpaired) electrons. The largest absolute Gasteiger partial charge is 0.467 e. The van der Waals surface area contributed by atoms with Gasteiger partial charge in [0.15, 0.2) is 4.80 Å². The standard InChI is InChI=1S/C18H13ClN2OS2/c19-13-4-1-5-14(10-13)20-18-21(11-15-6-2-8-22-15)16(12-24-18)17-7-3-9-23-17/h1-10,12H,11H2. The zero-order chi connectivity index (χ0) is 16.4. The van der Waals surface area contributed by atoms with Crippen LogP contribution >= 0.6 is 34.3 Å². The molecular weight excluding hydrogens is 360 g/mol. The topological polar surface area (TPSA) is 30.4 Å². The van der Waals surface area contributed by atoms with Crippen molar-refractivity contribution in [2.75, 3.05) is 0 Å². The lowest BCUT2D eigenvalue weighted by Crippen LogP contribution is -2.16. The lowest BCUT2D eigenvalue weighted by atomic mass is 10.3. The first kappa shape index (κ1) is 15.4. The van der Waals surface area contributed by atoms with E-state index in [1.165, 1.54) is 4.88 Å². The van der Waals surface area contributed by atoms with E-state index in [2.05, 4.69) is 27.5 Å². The molecule has 0 unspecified atom stereocenters. The number of benzene rings is 1. The van der Waals surface area contributed by atoms with Gasteiger partial charge in [-0.1, -0.05) is 23.7 Å². The predicted octanol–water partition coefficient (Wildman–Crippen LogP) is 5.81. The number of hydrogen-bond donors (Lipinski definition) is 0. The number of halogens is 1. The third-order valence-electron chi connectivity index (χ3n) is 3.50. The van der Waals surface area contributed by atoms with E-state index in [0.29, 0.717) is 11.6 Å². The number of thiophene rings is 1. The van der Waals surface area contributed by atoms with Crippen LogP contribution in [0.4, 0.5) is 5.69 Å². The van der Waals surface area contributed by atoms with Gasteiger partial charge < -0.3 is 8.98 Å². The lowest BCUT2D eigenvalue weighted by Gasteiger charge is -2.06. The highest BCUT2D eigenvalue weighted by atomic mass is 35.5. The van der Waals surface area contributed by atoms with Crippen molar-refractivity contribution in [3.05, 3.63) is 81.1 Å².